The Morgan fingerprint density at radius 2 is 1.77 bits per heavy atom. The molecule has 0 saturated heterocycles. The molecule has 0 aliphatic heterocycles. The van der Waals surface area contributed by atoms with E-state index in [9.17, 15) is 0 Å². The van der Waals surface area contributed by atoms with Crippen molar-refractivity contribution in [3.8, 4) is 5.88 Å². The van der Waals surface area contributed by atoms with Crippen molar-refractivity contribution in [1.82, 2.24) is 10.3 Å². The van der Waals surface area contributed by atoms with Gasteiger partial charge in [0, 0.05) is 24.8 Å². The molecule has 2 rings (SSSR count). The van der Waals surface area contributed by atoms with Crippen LogP contribution in [0.1, 0.15) is 50.4 Å². The van der Waals surface area contributed by atoms with Gasteiger partial charge < -0.3 is 10.1 Å². The summed E-state index contributed by atoms with van der Waals surface area (Å²) in [5.41, 5.74) is 4.01. The predicted octanol–water partition coefficient (Wildman–Crippen LogP) is 4.24. The van der Waals surface area contributed by atoms with Crippen LogP contribution in [0.4, 0.5) is 0 Å². The maximum atomic E-state index is 5.07. The molecule has 1 aromatic heterocycles. The highest BCUT2D eigenvalue weighted by atomic mass is 16.5. The minimum Gasteiger partial charge on any atom is -0.481 e. The Hall–Kier alpha value is -1.87. The second-order valence-electron chi connectivity index (χ2n) is 6.68. The summed E-state index contributed by atoms with van der Waals surface area (Å²) in [7, 11) is 1.63. The summed E-state index contributed by atoms with van der Waals surface area (Å²) in [5.74, 6) is 0.648. The van der Waals surface area contributed by atoms with E-state index in [2.05, 4.69) is 62.3 Å². The zero-order chi connectivity index (χ0) is 16.2. The van der Waals surface area contributed by atoms with Crippen LogP contribution in [0.15, 0.2) is 42.6 Å². The van der Waals surface area contributed by atoms with Crippen LogP contribution in [0.25, 0.3) is 0 Å². The molecule has 0 saturated carbocycles. The van der Waals surface area contributed by atoms with E-state index in [1.807, 2.05) is 18.3 Å². The van der Waals surface area contributed by atoms with E-state index >= 15 is 0 Å². The van der Waals surface area contributed by atoms with Crippen molar-refractivity contribution < 1.29 is 4.74 Å². The lowest BCUT2D eigenvalue weighted by atomic mass is 9.86. The van der Waals surface area contributed by atoms with Crippen molar-refractivity contribution in [2.45, 2.75) is 45.7 Å². The van der Waals surface area contributed by atoms with Crippen molar-refractivity contribution in [3.05, 3.63) is 59.3 Å². The third-order valence-corrected chi connectivity index (χ3v) is 3.90. The van der Waals surface area contributed by atoms with Crippen LogP contribution in [0.2, 0.25) is 0 Å². The fourth-order valence-electron chi connectivity index (χ4n) is 2.30. The van der Waals surface area contributed by atoms with Crippen LogP contribution in [0.3, 0.4) is 0 Å². The summed E-state index contributed by atoms with van der Waals surface area (Å²) < 4.78 is 5.07. The highest BCUT2D eigenvalue weighted by Gasteiger charge is 2.13. The van der Waals surface area contributed by atoms with E-state index in [1.54, 1.807) is 7.11 Å². The fraction of sp³-hybridized carbons (Fsp3) is 0.421. The number of hydrogen-bond donors (Lipinski definition) is 1. The highest BCUT2D eigenvalue weighted by molar-refractivity contribution is 5.29. The van der Waals surface area contributed by atoms with Crippen molar-refractivity contribution in [2.24, 2.45) is 0 Å². The van der Waals surface area contributed by atoms with Gasteiger partial charge in [0.1, 0.15) is 0 Å². The molecule has 0 bridgehead atoms. The number of nitrogens with zero attached hydrogens (tertiary/aromatic N) is 1. The Labute approximate surface area is 133 Å². The molecule has 1 atom stereocenters. The van der Waals surface area contributed by atoms with E-state index in [-0.39, 0.29) is 5.41 Å². The van der Waals surface area contributed by atoms with Gasteiger partial charge in [-0.15, -0.1) is 0 Å². The standard InChI is InChI=1S/C19H26N2O/c1-14(16-7-9-17(10-8-16)19(2,3)4)20-12-15-6-11-18(22-5)21-13-15/h6-11,13-14,20H,12H2,1-5H3. The maximum absolute atomic E-state index is 5.07. The Balaban J connectivity index is 1.95. The summed E-state index contributed by atoms with van der Waals surface area (Å²) in [4.78, 5) is 4.22. The molecule has 1 unspecified atom stereocenters. The summed E-state index contributed by atoms with van der Waals surface area (Å²) >= 11 is 0. The first-order chi connectivity index (χ1) is 10.4. The second kappa shape index (κ2) is 6.93. The van der Waals surface area contributed by atoms with Gasteiger partial charge in [-0.2, -0.15) is 0 Å². The van der Waals surface area contributed by atoms with Crippen molar-refractivity contribution >= 4 is 0 Å². The van der Waals surface area contributed by atoms with E-state index in [0.29, 0.717) is 11.9 Å². The van der Waals surface area contributed by atoms with E-state index in [0.717, 1.165) is 12.1 Å². The molecule has 22 heavy (non-hydrogen) atoms. The van der Waals surface area contributed by atoms with Gasteiger partial charge in [-0.1, -0.05) is 51.1 Å². The van der Waals surface area contributed by atoms with Crippen molar-refractivity contribution in [2.75, 3.05) is 7.11 Å². The molecule has 0 aliphatic carbocycles. The number of ether oxygens (including phenoxy) is 1. The molecular weight excluding hydrogens is 272 g/mol. The summed E-state index contributed by atoms with van der Waals surface area (Å²) in [6.07, 6.45) is 1.85. The smallest absolute Gasteiger partial charge is 0.212 e. The third kappa shape index (κ3) is 4.31. The molecular formula is C19H26N2O. The third-order valence-electron chi connectivity index (χ3n) is 3.90. The SMILES string of the molecule is COc1ccc(CNC(C)c2ccc(C(C)(C)C)cc2)cn1. The lowest BCUT2D eigenvalue weighted by molar-refractivity contribution is 0.397. The van der Waals surface area contributed by atoms with Crippen molar-refractivity contribution in [1.29, 1.82) is 0 Å². The average molecular weight is 298 g/mol. The minimum atomic E-state index is 0.198. The van der Waals surface area contributed by atoms with E-state index in [1.165, 1.54) is 11.1 Å². The summed E-state index contributed by atoms with van der Waals surface area (Å²) in [6, 6.07) is 13.1. The maximum Gasteiger partial charge on any atom is 0.212 e. The monoisotopic (exact) mass is 298 g/mol. The number of hydrogen-bond acceptors (Lipinski definition) is 3. The Kier molecular flexibility index (Phi) is 5.19. The molecule has 2 aromatic rings. The van der Waals surface area contributed by atoms with Gasteiger partial charge in [0.15, 0.2) is 0 Å². The van der Waals surface area contributed by atoms with Gasteiger partial charge in [-0.3, -0.25) is 0 Å². The Morgan fingerprint density at radius 1 is 1.09 bits per heavy atom. The molecule has 118 valence electrons. The number of benzene rings is 1. The normalized spacial score (nSPS) is 13.0. The van der Waals surface area contributed by atoms with Gasteiger partial charge in [-0.25, -0.2) is 4.98 Å². The van der Waals surface area contributed by atoms with Crippen molar-refractivity contribution in [3.63, 3.8) is 0 Å². The first-order valence-corrected chi connectivity index (χ1v) is 7.73. The van der Waals surface area contributed by atoms with Crippen LogP contribution < -0.4 is 10.1 Å². The van der Waals surface area contributed by atoms with E-state index < -0.39 is 0 Å². The van der Waals surface area contributed by atoms with Crippen LogP contribution in [-0.4, -0.2) is 12.1 Å². The van der Waals surface area contributed by atoms with Gasteiger partial charge >= 0.3 is 0 Å². The lowest BCUT2D eigenvalue weighted by Crippen LogP contribution is -2.18. The zero-order valence-corrected chi connectivity index (χ0v) is 14.2. The highest BCUT2D eigenvalue weighted by Crippen LogP contribution is 2.24. The quantitative estimate of drug-likeness (QED) is 0.896. The average Bonchev–Trinajstić information content (AvgIpc) is 2.52. The van der Waals surface area contributed by atoms with Gasteiger partial charge in [-0.05, 0) is 29.0 Å². The number of aromatic nitrogens is 1. The van der Waals surface area contributed by atoms with Crippen LogP contribution >= 0.6 is 0 Å². The molecule has 0 radical (unpaired) electrons. The number of methoxy groups -OCH3 is 1. The fourth-order valence-corrected chi connectivity index (χ4v) is 2.30. The number of nitrogens with one attached hydrogen (secondary N) is 1. The van der Waals surface area contributed by atoms with Gasteiger partial charge in [0.2, 0.25) is 5.88 Å². The van der Waals surface area contributed by atoms with Crippen LogP contribution in [-0.2, 0) is 12.0 Å². The first kappa shape index (κ1) is 16.5. The molecule has 1 aromatic carbocycles. The zero-order valence-electron chi connectivity index (χ0n) is 14.2. The van der Waals surface area contributed by atoms with Crippen LogP contribution in [0.5, 0.6) is 5.88 Å². The number of rotatable bonds is 5. The van der Waals surface area contributed by atoms with Gasteiger partial charge in [0.25, 0.3) is 0 Å². The largest absolute Gasteiger partial charge is 0.481 e. The topological polar surface area (TPSA) is 34.1 Å². The molecule has 0 amide bonds. The Bertz CT molecular complexity index is 582. The molecule has 0 spiro atoms. The van der Waals surface area contributed by atoms with E-state index in [4.69, 9.17) is 4.74 Å². The summed E-state index contributed by atoms with van der Waals surface area (Å²) in [5, 5.41) is 3.53. The minimum absolute atomic E-state index is 0.198. The second-order valence-corrected chi connectivity index (χ2v) is 6.68. The molecule has 1 heterocycles. The molecule has 0 aliphatic rings. The molecule has 0 fully saturated rings. The first-order valence-electron chi connectivity index (χ1n) is 7.73. The van der Waals surface area contributed by atoms with Gasteiger partial charge in [0.05, 0.1) is 7.11 Å². The number of pyridine rings is 1. The lowest BCUT2D eigenvalue weighted by Gasteiger charge is -2.20. The predicted molar refractivity (Wildman–Crippen MR) is 91.2 cm³/mol. The Morgan fingerprint density at radius 3 is 2.27 bits per heavy atom. The molecule has 3 nitrogen and oxygen atoms in total. The molecule has 3 heteroatoms. The molecule has 1 N–H and O–H groups in total. The summed E-state index contributed by atoms with van der Waals surface area (Å²) in [6.45, 7) is 9.68. The van der Waals surface area contributed by atoms with Crippen LogP contribution in [0, 0.1) is 0 Å².